The zero-order valence-corrected chi connectivity index (χ0v) is 64.1. The number of alkyl halides is 24. The maximum Gasteiger partial charge on any atom is 0.416 e. The molecule has 0 radical (unpaired) electrons. The third kappa shape index (κ3) is 28.6. The fraction of sp³-hybridized carbons (Fsp3) is 0.512. The van der Waals surface area contributed by atoms with E-state index in [1.807, 2.05) is 0 Å². The summed E-state index contributed by atoms with van der Waals surface area (Å²) in [6.07, 6.45) is -9.30. The number of benzene rings is 7. The SMILES string of the molecule is CCCCCCCCCCCCc1ccccc1[S+](c1ccccc1CCCCCCCCCCCC)c1ccccc1CCCCCCCCCCCC.FC(F)(F)c1cc([B-](c2cc(C(F)(F)F)cc(C(F)(F)F)c2)(c2cc(C(F)(F)F)cc(C(F)(F)F)c2)c2cc(C(F)(F)F)cc(C(F)(F)F)c2)cc(C(F)(F)F)c1. The van der Waals surface area contributed by atoms with Crippen molar-refractivity contribution < 1.29 is 105 Å². The van der Waals surface area contributed by atoms with Crippen LogP contribution in [0.4, 0.5) is 105 Å². The van der Waals surface area contributed by atoms with Crippen LogP contribution in [-0.2, 0) is 79.6 Å². The van der Waals surface area contributed by atoms with Gasteiger partial charge in [0.05, 0.1) is 44.5 Å². The van der Waals surface area contributed by atoms with Crippen molar-refractivity contribution in [3.8, 4) is 0 Å². The summed E-state index contributed by atoms with van der Waals surface area (Å²) >= 11 is 0. The normalized spacial score (nSPS) is 13.0. The molecule has 0 aliphatic carbocycles. The van der Waals surface area contributed by atoms with Crippen molar-refractivity contribution in [2.45, 2.75) is 297 Å². The van der Waals surface area contributed by atoms with Crippen molar-refractivity contribution in [2.24, 2.45) is 0 Å². The number of unbranched alkanes of at least 4 members (excludes halogenated alkanes) is 27. The molecule has 0 nitrogen and oxygen atoms in total. The van der Waals surface area contributed by atoms with E-state index in [0.29, 0.717) is 0 Å². The van der Waals surface area contributed by atoms with Gasteiger partial charge in [0.25, 0.3) is 0 Å². The van der Waals surface area contributed by atoms with Crippen LogP contribution in [0, 0.1) is 0 Å². The Morgan fingerprint density at radius 3 is 0.518 bits per heavy atom. The summed E-state index contributed by atoms with van der Waals surface area (Å²) in [6, 6.07) is 20.0. The van der Waals surface area contributed by atoms with Gasteiger partial charge in [-0.3, -0.25) is 0 Å². The Labute approximate surface area is 645 Å². The van der Waals surface area contributed by atoms with E-state index in [9.17, 15) is 105 Å². The number of rotatable bonds is 40. The maximum absolute atomic E-state index is 14.2. The van der Waals surface area contributed by atoms with Gasteiger partial charge in [-0.1, -0.05) is 297 Å². The molecule has 0 aromatic heterocycles. The molecule has 0 bridgehead atoms. The van der Waals surface area contributed by atoms with Gasteiger partial charge in [-0.15, -0.1) is 0 Å². The molecule has 26 heteroatoms. The molecule has 0 saturated heterocycles. The van der Waals surface area contributed by atoms with Crippen molar-refractivity contribution in [1.82, 2.24) is 0 Å². The van der Waals surface area contributed by atoms with Crippen LogP contribution in [0.5, 0.6) is 0 Å². The van der Waals surface area contributed by atoms with Crippen molar-refractivity contribution in [1.29, 1.82) is 0 Å². The molecule has 620 valence electrons. The molecule has 0 atom stereocenters. The van der Waals surface area contributed by atoms with Crippen LogP contribution < -0.4 is 21.9 Å². The molecule has 0 N–H and O–H groups in total. The summed E-state index contributed by atoms with van der Waals surface area (Å²) in [5.41, 5.74) is -25.4. The fourth-order valence-electron chi connectivity index (χ4n) is 14.6. The Morgan fingerprint density at radius 2 is 0.357 bits per heavy atom. The van der Waals surface area contributed by atoms with Crippen molar-refractivity contribution in [3.63, 3.8) is 0 Å². The second-order valence-corrected chi connectivity index (χ2v) is 31.1. The molecule has 0 spiro atoms. The lowest BCUT2D eigenvalue weighted by Gasteiger charge is -2.46. The van der Waals surface area contributed by atoms with E-state index in [4.69, 9.17) is 0 Å². The predicted molar refractivity (Wildman–Crippen MR) is 398 cm³/mol. The van der Waals surface area contributed by atoms with E-state index < -0.39 is 195 Å². The van der Waals surface area contributed by atoms with Gasteiger partial charge in [0, 0.05) is 16.7 Å². The van der Waals surface area contributed by atoms with Crippen molar-refractivity contribution in [3.05, 3.63) is 207 Å². The zero-order valence-electron chi connectivity index (χ0n) is 63.2. The highest BCUT2D eigenvalue weighted by atomic mass is 32.2. The molecule has 0 fully saturated rings. The Morgan fingerprint density at radius 1 is 0.205 bits per heavy atom. The summed E-state index contributed by atoms with van der Waals surface area (Å²) in [7, 11) is -0.0930. The lowest BCUT2D eigenvalue weighted by Crippen LogP contribution is -2.75. The predicted octanol–water partition coefficient (Wildman–Crippen LogP) is 29.4. The largest absolute Gasteiger partial charge is 0.416 e. The van der Waals surface area contributed by atoms with Gasteiger partial charge in [-0.2, -0.15) is 127 Å². The lowest BCUT2D eigenvalue weighted by atomic mass is 9.12. The average molecular weight is 1630 g/mol. The van der Waals surface area contributed by atoms with E-state index in [1.165, 1.54) is 212 Å². The van der Waals surface area contributed by atoms with Gasteiger partial charge in [0.15, 0.2) is 14.7 Å². The first kappa shape index (κ1) is 94.1. The monoisotopic (exact) mass is 1630 g/mol. The summed E-state index contributed by atoms with van der Waals surface area (Å²) in [6.45, 7) is 6.95. The first-order valence-corrected chi connectivity index (χ1v) is 40.1. The highest BCUT2D eigenvalue weighted by Crippen LogP contribution is 2.44. The number of aryl methyl sites for hydroxylation is 3. The van der Waals surface area contributed by atoms with Crippen molar-refractivity contribution >= 4 is 38.9 Å². The van der Waals surface area contributed by atoms with E-state index >= 15 is 0 Å². The molecule has 0 heterocycles. The first-order valence-electron chi connectivity index (χ1n) is 38.9. The third-order valence-electron chi connectivity index (χ3n) is 20.4. The summed E-state index contributed by atoms with van der Waals surface area (Å²) in [5, 5.41) is 0. The molecule has 0 unspecified atom stereocenters. The van der Waals surface area contributed by atoms with Gasteiger partial charge in [-0.25, -0.2) is 0 Å². The molecule has 0 aliphatic heterocycles. The van der Waals surface area contributed by atoms with Crippen molar-refractivity contribution in [2.75, 3.05) is 0 Å². The van der Waals surface area contributed by atoms with E-state index in [-0.39, 0.29) is 10.9 Å². The Hall–Kier alpha value is -6.73. The fourth-order valence-corrected chi connectivity index (χ4v) is 17.2. The minimum atomic E-state index is -6.13. The molecule has 0 amide bonds. The van der Waals surface area contributed by atoms with Gasteiger partial charge >= 0.3 is 49.4 Å². The Balaban J connectivity index is 0.000000349. The average Bonchev–Trinajstić information content (AvgIpc) is 0.706. The van der Waals surface area contributed by atoms with E-state index in [1.54, 1.807) is 31.4 Å². The third-order valence-corrected chi connectivity index (χ3v) is 22.9. The molecular formula is C86H99BF24S. The highest BCUT2D eigenvalue weighted by molar-refractivity contribution is 7.97. The van der Waals surface area contributed by atoms with Crippen LogP contribution in [-0.4, -0.2) is 6.15 Å². The first-order chi connectivity index (χ1) is 52.6. The zero-order chi connectivity index (χ0) is 82.8. The molecule has 0 aliphatic rings. The van der Waals surface area contributed by atoms with Crippen LogP contribution in [0.25, 0.3) is 0 Å². The number of halogens is 24. The second kappa shape index (κ2) is 42.8. The Bertz CT molecular complexity index is 3370. The lowest BCUT2D eigenvalue weighted by molar-refractivity contribution is -0.144. The molecular weight excluding hydrogens is 1530 g/mol. The summed E-state index contributed by atoms with van der Waals surface area (Å²) in [4.78, 5) is 4.76. The van der Waals surface area contributed by atoms with Gasteiger partial charge in [-0.05, 0) is 81.0 Å². The second-order valence-electron chi connectivity index (χ2n) is 29.1. The standard InChI is InChI=1S/C54H87S.C32H12BF24/c1-4-7-10-13-16-19-22-25-28-31-40-49-43-34-37-46-52(49)55(53-47-38-35-44-50(53)41-32-29-26-23-20-17-14-11-8-5-2)54-48-39-36-45-51(54)42-33-30-27-24-21-18-15-12-9-6-3;34-25(35,36)13-1-14(26(37,38)39)6-21(5-13)33(22-7-15(27(40,41)42)2-16(8-22)28(43,44)45,23-9-17(29(46,47)48)3-18(10-23)30(49,50)51)24-11-19(31(52,53)54)4-20(12-24)32(55,56)57/h34-39,43-48H,4-33,40-42H2,1-3H3;1-12H/q+1;-1. The van der Waals surface area contributed by atoms with Crippen LogP contribution in [0.1, 0.15) is 275 Å². The number of hydrogen-bond donors (Lipinski definition) is 0. The quantitative estimate of drug-likeness (QED) is 0.0155. The topological polar surface area (TPSA) is 0 Å². The van der Waals surface area contributed by atoms with E-state index in [2.05, 4.69) is 93.6 Å². The maximum atomic E-state index is 14.2. The number of hydrogen-bond acceptors (Lipinski definition) is 0. The summed E-state index contributed by atoms with van der Waals surface area (Å²) < 4.78 is 341. The molecule has 7 aromatic carbocycles. The molecule has 7 rings (SSSR count). The molecule has 112 heavy (non-hydrogen) atoms. The van der Waals surface area contributed by atoms with Crippen LogP contribution >= 0.6 is 0 Å². The minimum Gasteiger partial charge on any atom is -0.194 e. The van der Waals surface area contributed by atoms with Crippen LogP contribution in [0.15, 0.2) is 160 Å². The molecule has 7 aromatic rings. The van der Waals surface area contributed by atoms with Crippen LogP contribution in [0.3, 0.4) is 0 Å². The summed E-state index contributed by atoms with van der Waals surface area (Å²) in [5.74, 6) is 0. The minimum absolute atomic E-state index is 0.0930. The van der Waals surface area contributed by atoms with Crippen LogP contribution in [0.2, 0.25) is 0 Å². The van der Waals surface area contributed by atoms with Gasteiger partial charge in [0.2, 0.25) is 0 Å². The van der Waals surface area contributed by atoms with E-state index in [0.717, 1.165) is 0 Å². The smallest absolute Gasteiger partial charge is 0.194 e. The van der Waals surface area contributed by atoms with Gasteiger partial charge in [0.1, 0.15) is 17.0 Å². The van der Waals surface area contributed by atoms with Gasteiger partial charge < -0.3 is 0 Å². The molecule has 0 saturated carbocycles. The highest BCUT2D eigenvalue weighted by Gasteiger charge is 2.48. The Kier molecular flexibility index (Phi) is 35.9.